The predicted molar refractivity (Wildman–Crippen MR) is 85.8 cm³/mol. The lowest BCUT2D eigenvalue weighted by Gasteiger charge is -2.32. The summed E-state index contributed by atoms with van der Waals surface area (Å²) in [5.74, 6) is 2.09. The minimum absolute atomic E-state index is 0.550. The van der Waals surface area contributed by atoms with Crippen LogP contribution in [0.2, 0.25) is 0 Å². The third-order valence-electron chi connectivity index (χ3n) is 3.69. The van der Waals surface area contributed by atoms with E-state index in [2.05, 4.69) is 37.1 Å². The Morgan fingerprint density at radius 2 is 1.77 bits per heavy atom. The van der Waals surface area contributed by atoms with E-state index < -0.39 is 0 Å². The van der Waals surface area contributed by atoms with Crippen molar-refractivity contribution in [2.45, 2.75) is 0 Å². The summed E-state index contributed by atoms with van der Waals surface area (Å²) in [4.78, 5) is 17.5. The van der Waals surface area contributed by atoms with Crippen LogP contribution < -0.4 is 15.0 Å². The Morgan fingerprint density at radius 3 is 2.45 bits per heavy atom. The zero-order chi connectivity index (χ0) is 15.4. The number of hydrogen-bond donors (Lipinski definition) is 1. The van der Waals surface area contributed by atoms with Crippen LogP contribution >= 0.6 is 0 Å². The molecule has 1 N–H and O–H groups in total. The van der Waals surface area contributed by atoms with E-state index in [1.807, 2.05) is 24.3 Å². The third kappa shape index (κ3) is 3.43. The quantitative estimate of drug-likeness (QED) is 0.915. The van der Waals surface area contributed by atoms with E-state index in [1.54, 1.807) is 13.4 Å². The molecule has 0 bridgehead atoms. The van der Waals surface area contributed by atoms with Crippen LogP contribution in [0.4, 0.5) is 17.6 Å². The van der Waals surface area contributed by atoms with Crippen LogP contribution in [0.25, 0.3) is 0 Å². The highest BCUT2D eigenvalue weighted by Crippen LogP contribution is 2.18. The van der Waals surface area contributed by atoms with Crippen LogP contribution in [-0.4, -0.2) is 60.2 Å². The summed E-state index contributed by atoms with van der Waals surface area (Å²) in [6.07, 6.45) is 1.55. The molecule has 1 aromatic heterocycles. The van der Waals surface area contributed by atoms with Crippen molar-refractivity contribution in [3.63, 3.8) is 0 Å². The first-order valence-corrected chi connectivity index (χ1v) is 7.28. The fourth-order valence-electron chi connectivity index (χ4n) is 2.31. The standard InChI is InChI=1S/C15H20N6O/c1-20-7-9-21(10-8-20)15-17-11-16-14(19-15)18-12-3-5-13(22-2)6-4-12/h3-6,11H,7-10H2,1-2H3,(H,16,17,18,19). The van der Waals surface area contributed by atoms with E-state index in [4.69, 9.17) is 4.74 Å². The number of benzene rings is 1. The van der Waals surface area contributed by atoms with Gasteiger partial charge < -0.3 is 19.9 Å². The summed E-state index contributed by atoms with van der Waals surface area (Å²) in [6.45, 7) is 3.91. The second-order valence-corrected chi connectivity index (χ2v) is 5.25. The van der Waals surface area contributed by atoms with Gasteiger partial charge in [-0.2, -0.15) is 4.98 Å². The largest absolute Gasteiger partial charge is 0.497 e. The molecule has 0 spiro atoms. The van der Waals surface area contributed by atoms with Gasteiger partial charge in [-0.1, -0.05) is 0 Å². The van der Waals surface area contributed by atoms with Crippen molar-refractivity contribution >= 4 is 17.6 Å². The maximum Gasteiger partial charge on any atom is 0.231 e. The van der Waals surface area contributed by atoms with Crippen molar-refractivity contribution in [3.05, 3.63) is 30.6 Å². The molecule has 3 rings (SSSR count). The number of methoxy groups -OCH3 is 1. The first-order chi connectivity index (χ1) is 10.7. The Balaban J connectivity index is 1.70. The third-order valence-corrected chi connectivity index (χ3v) is 3.69. The molecule has 0 radical (unpaired) electrons. The van der Waals surface area contributed by atoms with E-state index >= 15 is 0 Å². The van der Waals surface area contributed by atoms with E-state index in [0.717, 1.165) is 43.6 Å². The smallest absolute Gasteiger partial charge is 0.231 e. The van der Waals surface area contributed by atoms with Crippen molar-refractivity contribution < 1.29 is 4.74 Å². The van der Waals surface area contributed by atoms with Gasteiger partial charge in [-0.25, -0.2) is 9.97 Å². The van der Waals surface area contributed by atoms with Gasteiger partial charge in [0.05, 0.1) is 7.11 Å². The molecule has 1 aliphatic heterocycles. The van der Waals surface area contributed by atoms with Crippen LogP contribution in [0.3, 0.4) is 0 Å². The monoisotopic (exact) mass is 300 g/mol. The lowest BCUT2D eigenvalue weighted by Crippen LogP contribution is -2.45. The first kappa shape index (κ1) is 14.5. The van der Waals surface area contributed by atoms with E-state index in [1.165, 1.54) is 0 Å². The molecule has 7 nitrogen and oxygen atoms in total. The van der Waals surface area contributed by atoms with E-state index in [-0.39, 0.29) is 0 Å². The number of rotatable bonds is 4. The highest BCUT2D eigenvalue weighted by atomic mass is 16.5. The molecule has 0 unspecified atom stereocenters. The van der Waals surface area contributed by atoms with Crippen LogP contribution in [0, 0.1) is 0 Å². The zero-order valence-corrected chi connectivity index (χ0v) is 12.9. The van der Waals surface area contributed by atoms with Crippen molar-refractivity contribution in [1.82, 2.24) is 19.9 Å². The second-order valence-electron chi connectivity index (χ2n) is 5.25. The van der Waals surface area contributed by atoms with E-state index in [9.17, 15) is 0 Å². The van der Waals surface area contributed by atoms with Crippen molar-refractivity contribution in [2.24, 2.45) is 0 Å². The molecule has 1 fully saturated rings. The molecular formula is C15H20N6O. The van der Waals surface area contributed by atoms with Crippen molar-refractivity contribution in [3.8, 4) is 5.75 Å². The molecule has 7 heteroatoms. The summed E-state index contributed by atoms with van der Waals surface area (Å²) in [6, 6.07) is 7.64. The number of anilines is 3. The molecule has 0 aliphatic carbocycles. The van der Waals surface area contributed by atoms with Crippen LogP contribution in [-0.2, 0) is 0 Å². The number of nitrogens with one attached hydrogen (secondary N) is 1. The molecule has 1 aliphatic rings. The van der Waals surface area contributed by atoms with Gasteiger partial charge in [0.25, 0.3) is 0 Å². The molecule has 1 aromatic carbocycles. The fraction of sp³-hybridized carbons (Fsp3) is 0.400. The highest BCUT2D eigenvalue weighted by molar-refractivity contribution is 5.55. The number of piperazine rings is 1. The maximum atomic E-state index is 5.15. The minimum atomic E-state index is 0.550. The summed E-state index contributed by atoms with van der Waals surface area (Å²) in [7, 11) is 3.78. The molecule has 1 saturated heterocycles. The number of aromatic nitrogens is 3. The number of ether oxygens (including phenoxy) is 1. The zero-order valence-electron chi connectivity index (χ0n) is 12.9. The topological polar surface area (TPSA) is 66.4 Å². The lowest BCUT2D eigenvalue weighted by molar-refractivity contribution is 0.311. The first-order valence-electron chi connectivity index (χ1n) is 7.28. The molecule has 0 amide bonds. The minimum Gasteiger partial charge on any atom is -0.497 e. The van der Waals surface area contributed by atoms with Crippen LogP contribution in [0.1, 0.15) is 0 Å². The fourth-order valence-corrected chi connectivity index (χ4v) is 2.31. The van der Waals surface area contributed by atoms with Gasteiger partial charge in [0.1, 0.15) is 12.1 Å². The Morgan fingerprint density at radius 1 is 1.05 bits per heavy atom. The van der Waals surface area contributed by atoms with Gasteiger partial charge >= 0.3 is 0 Å². The molecule has 2 aromatic rings. The average Bonchev–Trinajstić information content (AvgIpc) is 2.56. The molecule has 0 saturated carbocycles. The Hall–Kier alpha value is -2.41. The molecule has 0 atom stereocenters. The lowest BCUT2D eigenvalue weighted by atomic mass is 10.3. The van der Waals surface area contributed by atoms with Crippen molar-refractivity contribution in [2.75, 3.05) is 50.6 Å². The molecular weight excluding hydrogens is 280 g/mol. The Labute approximate surface area is 130 Å². The van der Waals surface area contributed by atoms with Crippen molar-refractivity contribution in [1.29, 1.82) is 0 Å². The second kappa shape index (κ2) is 6.57. The van der Waals surface area contributed by atoms with E-state index in [0.29, 0.717) is 5.95 Å². The summed E-state index contributed by atoms with van der Waals surface area (Å²) in [5.41, 5.74) is 0.913. The summed E-state index contributed by atoms with van der Waals surface area (Å²) in [5, 5.41) is 3.19. The molecule has 116 valence electrons. The van der Waals surface area contributed by atoms with Gasteiger partial charge in [-0.3, -0.25) is 0 Å². The van der Waals surface area contributed by atoms with Crippen LogP contribution in [0.5, 0.6) is 5.75 Å². The van der Waals surface area contributed by atoms with Gasteiger partial charge in [0.15, 0.2) is 0 Å². The normalized spacial score (nSPS) is 15.6. The van der Waals surface area contributed by atoms with Gasteiger partial charge in [0.2, 0.25) is 11.9 Å². The Bertz CT molecular complexity index is 610. The van der Waals surface area contributed by atoms with Gasteiger partial charge in [-0.15, -0.1) is 0 Å². The maximum absolute atomic E-state index is 5.15. The number of hydrogen-bond acceptors (Lipinski definition) is 7. The highest BCUT2D eigenvalue weighted by Gasteiger charge is 2.16. The SMILES string of the molecule is COc1ccc(Nc2ncnc(N3CCN(C)CC3)n2)cc1. The molecule has 2 heterocycles. The number of nitrogens with zero attached hydrogens (tertiary/aromatic N) is 5. The number of likely N-dealkylation sites (N-methyl/N-ethyl adjacent to an activating group) is 1. The average molecular weight is 300 g/mol. The predicted octanol–water partition coefficient (Wildman–Crippen LogP) is 1.38. The van der Waals surface area contributed by atoms with Gasteiger partial charge in [0, 0.05) is 31.9 Å². The Kier molecular flexibility index (Phi) is 4.34. The summed E-state index contributed by atoms with van der Waals surface area (Å²) < 4.78 is 5.15. The van der Waals surface area contributed by atoms with Crippen LogP contribution in [0.15, 0.2) is 30.6 Å². The summed E-state index contributed by atoms with van der Waals surface area (Å²) >= 11 is 0. The van der Waals surface area contributed by atoms with Gasteiger partial charge in [-0.05, 0) is 31.3 Å². The molecule has 22 heavy (non-hydrogen) atoms.